The van der Waals surface area contributed by atoms with Crippen LogP contribution in [0, 0.1) is 0 Å². The summed E-state index contributed by atoms with van der Waals surface area (Å²) in [5.41, 5.74) is 0.528. The highest BCUT2D eigenvalue weighted by molar-refractivity contribution is 9.10. The van der Waals surface area contributed by atoms with E-state index in [1.54, 1.807) is 26.4 Å². The third-order valence-corrected chi connectivity index (χ3v) is 3.34. The van der Waals surface area contributed by atoms with Gasteiger partial charge in [-0.05, 0) is 40.9 Å². The molecule has 1 amide bonds. The second kappa shape index (κ2) is 9.63. The number of halogens is 1. The Balaban J connectivity index is 2.79. The van der Waals surface area contributed by atoms with Crippen LogP contribution in [0.2, 0.25) is 0 Å². The Morgan fingerprint density at radius 2 is 2.05 bits per heavy atom. The van der Waals surface area contributed by atoms with Crippen molar-refractivity contribution in [3.8, 4) is 11.5 Å². The molecule has 0 radical (unpaired) electrons. The molecule has 0 spiro atoms. The van der Waals surface area contributed by atoms with Crippen molar-refractivity contribution in [3.05, 3.63) is 22.2 Å². The van der Waals surface area contributed by atoms with Crippen molar-refractivity contribution in [2.45, 2.75) is 19.8 Å². The van der Waals surface area contributed by atoms with Crippen LogP contribution in [0.15, 0.2) is 16.6 Å². The smallest absolute Gasteiger partial charge is 0.251 e. The molecule has 5 nitrogen and oxygen atoms in total. The summed E-state index contributed by atoms with van der Waals surface area (Å²) >= 11 is 3.43. The molecule has 0 saturated heterocycles. The number of hydrogen-bond acceptors (Lipinski definition) is 4. The highest BCUT2D eigenvalue weighted by Crippen LogP contribution is 2.36. The van der Waals surface area contributed by atoms with Crippen molar-refractivity contribution in [1.82, 2.24) is 5.32 Å². The van der Waals surface area contributed by atoms with E-state index in [9.17, 15) is 4.79 Å². The lowest BCUT2D eigenvalue weighted by atomic mass is 10.2. The zero-order chi connectivity index (χ0) is 15.7. The molecule has 1 aromatic carbocycles. The van der Waals surface area contributed by atoms with Crippen molar-refractivity contribution in [2.24, 2.45) is 0 Å². The maximum absolute atomic E-state index is 12.1. The summed E-state index contributed by atoms with van der Waals surface area (Å²) in [6, 6.07) is 3.42. The fourth-order valence-electron chi connectivity index (χ4n) is 1.72. The number of nitrogens with one attached hydrogen (secondary N) is 1. The maximum atomic E-state index is 12.1. The van der Waals surface area contributed by atoms with Gasteiger partial charge in [0.1, 0.15) is 0 Å². The first-order valence-electron chi connectivity index (χ1n) is 6.91. The van der Waals surface area contributed by atoms with E-state index in [1.165, 1.54) is 0 Å². The van der Waals surface area contributed by atoms with Gasteiger partial charge in [0.15, 0.2) is 11.5 Å². The molecule has 0 atom stereocenters. The van der Waals surface area contributed by atoms with Gasteiger partial charge in [0, 0.05) is 25.8 Å². The second-order valence-corrected chi connectivity index (χ2v) is 5.29. The molecule has 1 rings (SSSR count). The van der Waals surface area contributed by atoms with E-state index in [1.807, 2.05) is 6.92 Å². The van der Waals surface area contributed by atoms with Crippen molar-refractivity contribution in [2.75, 3.05) is 34.0 Å². The number of benzene rings is 1. The van der Waals surface area contributed by atoms with E-state index in [-0.39, 0.29) is 5.91 Å². The molecular weight excluding hydrogens is 338 g/mol. The van der Waals surface area contributed by atoms with Crippen LogP contribution in [0.5, 0.6) is 11.5 Å². The molecule has 118 valence electrons. The van der Waals surface area contributed by atoms with Crippen molar-refractivity contribution < 1.29 is 19.0 Å². The molecule has 0 aliphatic heterocycles. The number of carbonyl (C=O) groups excluding carboxylic acids is 1. The first-order valence-corrected chi connectivity index (χ1v) is 7.70. The number of carbonyl (C=O) groups is 1. The summed E-state index contributed by atoms with van der Waals surface area (Å²) in [4.78, 5) is 12.1. The van der Waals surface area contributed by atoms with E-state index < -0.39 is 0 Å². The molecule has 0 fully saturated rings. The number of ether oxygens (including phenoxy) is 3. The van der Waals surface area contributed by atoms with Gasteiger partial charge < -0.3 is 19.5 Å². The normalized spacial score (nSPS) is 10.3. The largest absolute Gasteiger partial charge is 0.493 e. The predicted octanol–water partition coefficient (Wildman–Crippen LogP) is 3.01. The Morgan fingerprint density at radius 1 is 1.29 bits per heavy atom. The lowest BCUT2D eigenvalue weighted by Gasteiger charge is -2.14. The third kappa shape index (κ3) is 5.55. The SMILES string of the molecule is CCCOc1c(Br)cc(C(=O)NCCCOC)cc1OC. The average Bonchev–Trinajstić information content (AvgIpc) is 2.49. The minimum atomic E-state index is -0.146. The fraction of sp³-hybridized carbons (Fsp3) is 0.533. The van der Waals surface area contributed by atoms with Crippen LogP contribution < -0.4 is 14.8 Å². The monoisotopic (exact) mass is 359 g/mol. The highest BCUT2D eigenvalue weighted by atomic mass is 79.9. The lowest BCUT2D eigenvalue weighted by Crippen LogP contribution is -2.25. The maximum Gasteiger partial charge on any atom is 0.251 e. The Morgan fingerprint density at radius 3 is 2.67 bits per heavy atom. The van der Waals surface area contributed by atoms with Crippen LogP contribution in [0.1, 0.15) is 30.1 Å². The molecule has 0 heterocycles. The molecule has 1 aromatic rings. The zero-order valence-corrected chi connectivity index (χ0v) is 14.3. The van der Waals surface area contributed by atoms with E-state index in [0.29, 0.717) is 41.3 Å². The van der Waals surface area contributed by atoms with Gasteiger partial charge in [0.2, 0.25) is 0 Å². The van der Waals surface area contributed by atoms with Crippen molar-refractivity contribution >= 4 is 21.8 Å². The molecule has 0 saturated carbocycles. The quantitative estimate of drug-likeness (QED) is 0.688. The molecular formula is C15H22BrNO4. The van der Waals surface area contributed by atoms with Gasteiger partial charge in [-0.15, -0.1) is 0 Å². The Kier molecular flexibility index (Phi) is 8.15. The first kappa shape index (κ1) is 17.8. The van der Waals surface area contributed by atoms with Crippen LogP contribution in [0.4, 0.5) is 0 Å². The van der Waals surface area contributed by atoms with E-state index in [4.69, 9.17) is 14.2 Å². The van der Waals surface area contributed by atoms with E-state index in [2.05, 4.69) is 21.2 Å². The molecule has 0 aliphatic rings. The summed E-state index contributed by atoms with van der Waals surface area (Å²) < 4.78 is 16.6. The minimum Gasteiger partial charge on any atom is -0.493 e. The molecule has 1 N–H and O–H groups in total. The van der Waals surface area contributed by atoms with Crippen LogP contribution in [-0.4, -0.2) is 39.9 Å². The summed E-state index contributed by atoms with van der Waals surface area (Å²) in [6.45, 7) is 3.82. The van der Waals surface area contributed by atoms with Crippen molar-refractivity contribution in [1.29, 1.82) is 0 Å². The van der Waals surface area contributed by atoms with Crippen LogP contribution >= 0.6 is 15.9 Å². The van der Waals surface area contributed by atoms with Gasteiger partial charge in [-0.25, -0.2) is 0 Å². The van der Waals surface area contributed by atoms with Gasteiger partial charge >= 0.3 is 0 Å². The number of hydrogen-bond donors (Lipinski definition) is 1. The standard InChI is InChI=1S/C15H22BrNO4/c1-4-7-21-14-12(16)9-11(10-13(14)20-3)15(18)17-6-5-8-19-2/h9-10H,4-8H2,1-3H3,(H,17,18). The average molecular weight is 360 g/mol. The number of rotatable bonds is 9. The zero-order valence-electron chi connectivity index (χ0n) is 12.7. The summed E-state index contributed by atoms with van der Waals surface area (Å²) in [6.07, 6.45) is 1.68. The van der Waals surface area contributed by atoms with Crippen molar-refractivity contribution in [3.63, 3.8) is 0 Å². The molecule has 6 heteroatoms. The van der Waals surface area contributed by atoms with Gasteiger partial charge in [-0.1, -0.05) is 6.92 Å². The second-order valence-electron chi connectivity index (χ2n) is 4.44. The van der Waals surface area contributed by atoms with Gasteiger partial charge in [-0.2, -0.15) is 0 Å². The first-order chi connectivity index (χ1) is 10.1. The van der Waals surface area contributed by atoms with Gasteiger partial charge in [-0.3, -0.25) is 4.79 Å². The Labute approximate surface area is 134 Å². The number of amides is 1. The molecule has 21 heavy (non-hydrogen) atoms. The van der Waals surface area contributed by atoms with E-state index in [0.717, 1.165) is 12.8 Å². The molecule has 0 unspecified atom stereocenters. The molecule has 0 aliphatic carbocycles. The van der Waals surface area contributed by atoms with E-state index >= 15 is 0 Å². The minimum absolute atomic E-state index is 0.146. The Hall–Kier alpha value is -1.27. The molecule has 0 bridgehead atoms. The predicted molar refractivity (Wildman–Crippen MR) is 85.3 cm³/mol. The van der Waals surface area contributed by atoms with Crippen LogP contribution in [0.3, 0.4) is 0 Å². The topological polar surface area (TPSA) is 56.8 Å². The van der Waals surface area contributed by atoms with Gasteiger partial charge in [0.05, 0.1) is 18.2 Å². The summed E-state index contributed by atoms with van der Waals surface area (Å²) in [5.74, 6) is 1.02. The third-order valence-electron chi connectivity index (χ3n) is 2.75. The van der Waals surface area contributed by atoms with Gasteiger partial charge in [0.25, 0.3) is 5.91 Å². The summed E-state index contributed by atoms with van der Waals surface area (Å²) in [7, 11) is 3.19. The number of methoxy groups -OCH3 is 2. The highest BCUT2D eigenvalue weighted by Gasteiger charge is 2.15. The Bertz CT molecular complexity index is 465. The molecule has 0 aromatic heterocycles. The fourth-order valence-corrected chi connectivity index (χ4v) is 2.27. The summed E-state index contributed by atoms with van der Waals surface area (Å²) in [5, 5.41) is 2.84. The lowest BCUT2D eigenvalue weighted by molar-refractivity contribution is 0.0948. The van der Waals surface area contributed by atoms with Crippen LogP contribution in [0.25, 0.3) is 0 Å². The van der Waals surface area contributed by atoms with Crippen LogP contribution in [-0.2, 0) is 4.74 Å².